The van der Waals surface area contributed by atoms with Gasteiger partial charge in [-0.15, -0.1) is 0 Å². The van der Waals surface area contributed by atoms with Crippen molar-refractivity contribution in [1.82, 2.24) is 4.90 Å². The molecule has 0 saturated carbocycles. The van der Waals surface area contributed by atoms with Gasteiger partial charge in [-0.25, -0.2) is 0 Å². The second-order valence-corrected chi connectivity index (χ2v) is 4.21. The van der Waals surface area contributed by atoms with Crippen LogP contribution in [0.4, 0.5) is 0 Å². The number of hydrogen-bond donors (Lipinski definition) is 2. The number of likely N-dealkylation sites (tertiary alicyclic amines) is 1. The molecule has 1 saturated heterocycles. The molecule has 0 atom stereocenters. The van der Waals surface area contributed by atoms with Gasteiger partial charge in [0, 0.05) is 25.2 Å². The molecule has 16 heavy (non-hydrogen) atoms. The predicted octanol–water partition coefficient (Wildman–Crippen LogP) is 0.268. The van der Waals surface area contributed by atoms with E-state index in [0.29, 0.717) is 18.3 Å². The number of hydrogen-bond acceptors (Lipinski definition) is 5. The van der Waals surface area contributed by atoms with Crippen LogP contribution in [-0.2, 0) is 6.54 Å². The Labute approximate surface area is 93.5 Å². The van der Waals surface area contributed by atoms with E-state index in [0.717, 1.165) is 32.2 Å². The van der Waals surface area contributed by atoms with Crippen LogP contribution in [0.5, 0.6) is 5.75 Å². The van der Waals surface area contributed by atoms with Crippen LogP contribution in [-0.4, -0.2) is 29.1 Å². The first-order chi connectivity index (χ1) is 7.65. The second-order valence-electron chi connectivity index (χ2n) is 4.21. The van der Waals surface area contributed by atoms with Gasteiger partial charge in [0.25, 0.3) is 0 Å². The molecular formula is C11H16N2O3. The van der Waals surface area contributed by atoms with Crippen molar-refractivity contribution >= 4 is 0 Å². The second kappa shape index (κ2) is 4.67. The van der Waals surface area contributed by atoms with Gasteiger partial charge in [0.2, 0.25) is 5.43 Å². The van der Waals surface area contributed by atoms with E-state index in [4.69, 9.17) is 15.3 Å². The van der Waals surface area contributed by atoms with E-state index in [9.17, 15) is 4.79 Å². The van der Waals surface area contributed by atoms with E-state index in [2.05, 4.69) is 4.90 Å². The van der Waals surface area contributed by atoms with Crippen LogP contribution in [0, 0.1) is 0 Å². The van der Waals surface area contributed by atoms with E-state index in [1.54, 1.807) is 0 Å². The summed E-state index contributed by atoms with van der Waals surface area (Å²) in [5, 5.41) is 9.05. The number of nitrogens with two attached hydrogens (primary N) is 1. The Morgan fingerprint density at radius 2 is 2.19 bits per heavy atom. The Bertz CT molecular complexity index is 408. The summed E-state index contributed by atoms with van der Waals surface area (Å²) in [4.78, 5) is 13.4. The zero-order valence-corrected chi connectivity index (χ0v) is 9.06. The molecule has 5 heteroatoms. The van der Waals surface area contributed by atoms with Crippen molar-refractivity contribution in [3.63, 3.8) is 0 Å². The average molecular weight is 224 g/mol. The van der Waals surface area contributed by atoms with Gasteiger partial charge in [-0.05, 0) is 12.8 Å². The molecule has 2 rings (SSSR count). The monoisotopic (exact) mass is 224 g/mol. The minimum Gasteiger partial charge on any atom is -0.502 e. The Morgan fingerprint density at radius 3 is 2.81 bits per heavy atom. The van der Waals surface area contributed by atoms with E-state index >= 15 is 0 Å². The normalized spacial score (nSPS) is 18.8. The number of nitrogens with zero attached hydrogens (tertiary/aromatic N) is 1. The van der Waals surface area contributed by atoms with Crippen LogP contribution in [0.15, 0.2) is 21.5 Å². The van der Waals surface area contributed by atoms with Crippen LogP contribution in [0.3, 0.4) is 0 Å². The Morgan fingerprint density at radius 1 is 1.50 bits per heavy atom. The number of rotatable bonds is 2. The van der Waals surface area contributed by atoms with Crippen LogP contribution in [0.2, 0.25) is 0 Å². The summed E-state index contributed by atoms with van der Waals surface area (Å²) in [6.07, 6.45) is 3.04. The van der Waals surface area contributed by atoms with E-state index < -0.39 is 5.43 Å². The molecule has 0 aromatic carbocycles. The van der Waals surface area contributed by atoms with Crippen LogP contribution >= 0.6 is 0 Å². The zero-order valence-electron chi connectivity index (χ0n) is 9.06. The Kier molecular flexibility index (Phi) is 3.26. The largest absolute Gasteiger partial charge is 0.502 e. The minimum atomic E-state index is -0.394. The molecule has 1 fully saturated rings. The standard InChI is InChI=1S/C11H16N2O3/c12-8-1-3-13(4-2-8)6-9-5-10(14)11(15)7-16-9/h5,7-8,15H,1-4,6,12H2. The highest BCUT2D eigenvalue weighted by molar-refractivity contribution is 5.15. The molecule has 0 amide bonds. The van der Waals surface area contributed by atoms with Crippen molar-refractivity contribution in [2.75, 3.05) is 13.1 Å². The Hall–Kier alpha value is -1.33. The third-order valence-electron chi connectivity index (χ3n) is 2.88. The fourth-order valence-corrected chi connectivity index (χ4v) is 1.86. The molecule has 1 aliphatic heterocycles. The maximum absolute atomic E-state index is 11.2. The van der Waals surface area contributed by atoms with Crippen molar-refractivity contribution < 1.29 is 9.52 Å². The molecule has 0 aliphatic carbocycles. The fourth-order valence-electron chi connectivity index (χ4n) is 1.86. The van der Waals surface area contributed by atoms with Gasteiger partial charge >= 0.3 is 0 Å². The SMILES string of the molecule is NC1CCN(Cc2cc(=O)c(O)co2)CC1. The molecule has 0 radical (unpaired) electrons. The van der Waals surface area contributed by atoms with Gasteiger partial charge in [0.05, 0.1) is 6.54 Å². The van der Waals surface area contributed by atoms with E-state index in [1.165, 1.54) is 6.07 Å². The lowest BCUT2D eigenvalue weighted by molar-refractivity contribution is 0.189. The molecule has 1 aromatic heterocycles. The van der Waals surface area contributed by atoms with E-state index in [1.807, 2.05) is 0 Å². The van der Waals surface area contributed by atoms with Gasteiger partial charge in [-0.1, -0.05) is 0 Å². The number of piperidine rings is 1. The van der Waals surface area contributed by atoms with Gasteiger partial charge < -0.3 is 15.3 Å². The van der Waals surface area contributed by atoms with E-state index in [-0.39, 0.29) is 5.75 Å². The third kappa shape index (κ3) is 2.62. The van der Waals surface area contributed by atoms with Gasteiger partial charge in [-0.2, -0.15) is 0 Å². The molecule has 3 N–H and O–H groups in total. The van der Waals surface area contributed by atoms with Crippen molar-refractivity contribution in [2.24, 2.45) is 5.73 Å². The number of aromatic hydroxyl groups is 1. The first-order valence-electron chi connectivity index (χ1n) is 5.44. The molecule has 5 nitrogen and oxygen atoms in total. The third-order valence-corrected chi connectivity index (χ3v) is 2.88. The first kappa shape index (κ1) is 11.2. The highest BCUT2D eigenvalue weighted by Crippen LogP contribution is 2.12. The van der Waals surface area contributed by atoms with Gasteiger partial charge in [-0.3, -0.25) is 9.69 Å². The van der Waals surface area contributed by atoms with Crippen molar-refractivity contribution in [1.29, 1.82) is 0 Å². The van der Waals surface area contributed by atoms with Crippen LogP contribution < -0.4 is 11.2 Å². The van der Waals surface area contributed by atoms with Gasteiger partial charge in [0.15, 0.2) is 5.75 Å². The maximum Gasteiger partial charge on any atom is 0.226 e. The molecule has 0 bridgehead atoms. The summed E-state index contributed by atoms with van der Waals surface area (Å²) < 4.78 is 5.15. The predicted molar refractivity (Wildman–Crippen MR) is 59.1 cm³/mol. The molecule has 1 aromatic rings. The molecule has 1 aliphatic rings. The molecule has 0 unspecified atom stereocenters. The summed E-state index contributed by atoms with van der Waals surface area (Å²) in [6.45, 7) is 2.44. The van der Waals surface area contributed by atoms with Crippen LogP contribution in [0.25, 0.3) is 0 Å². The molecule has 88 valence electrons. The lowest BCUT2D eigenvalue weighted by Gasteiger charge is -2.29. The minimum absolute atomic E-state index is 0.295. The summed E-state index contributed by atoms with van der Waals surface area (Å²) in [7, 11) is 0. The zero-order chi connectivity index (χ0) is 11.5. The maximum atomic E-state index is 11.2. The summed E-state index contributed by atoms with van der Waals surface area (Å²) in [5.41, 5.74) is 5.41. The molecule has 2 heterocycles. The highest BCUT2D eigenvalue weighted by atomic mass is 16.4. The van der Waals surface area contributed by atoms with Crippen molar-refractivity contribution in [3.05, 3.63) is 28.3 Å². The smallest absolute Gasteiger partial charge is 0.226 e. The lowest BCUT2D eigenvalue weighted by Crippen LogP contribution is -2.39. The van der Waals surface area contributed by atoms with Crippen molar-refractivity contribution in [2.45, 2.75) is 25.4 Å². The summed E-state index contributed by atoms with van der Waals surface area (Å²) in [6, 6.07) is 1.63. The molecular weight excluding hydrogens is 208 g/mol. The van der Waals surface area contributed by atoms with Gasteiger partial charge in [0.1, 0.15) is 12.0 Å². The Balaban J connectivity index is 1.99. The highest BCUT2D eigenvalue weighted by Gasteiger charge is 2.17. The summed E-state index contributed by atoms with van der Waals surface area (Å²) in [5.74, 6) is 0.239. The summed E-state index contributed by atoms with van der Waals surface area (Å²) >= 11 is 0. The first-order valence-corrected chi connectivity index (χ1v) is 5.44. The topological polar surface area (TPSA) is 79.7 Å². The quantitative estimate of drug-likeness (QED) is 0.753. The lowest BCUT2D eigenvalue weighted by atomic mass is 10.1. The average Bonchev–Trinajstić information content (AvgIpc) is 2.27. The fraction of sp³-hybridized carbons (Fsp3) is 0.545. The molecule has 0 spiro atoms. The van der Waals surface area contributed by atoms with Crippen LogP contribution in [0.1, 0.15) is 18.6 Å². The van der Waals surface area contributed by atoms with Crippen molar-refractivity contribution in [3.8, 4) is 5.75 Å².